The van der Waals surface area contributed by atoms with Crippen molar-refractivity contribution < 1.29 is 9.13 Å². The number of halogens is 2. The fraction of sp³-hybridized carbons (Fsp3) is 0.0909. The van der Waals surface area contributed by atoms with Gasteiger partial charge >= 0.3 is 6.01 Å². The van der Waals surface area contributed by atoms with Gasteiger partial charge in [0.25, 0.3) is 0 Å². The highest BCUT2D eigenvalue weighted by Crippen LogP contribution is 2.23. The van der Waals surface area contributed by atoms with Crippen LogP contribution >= 0.6 is 15.9 Å². The lowest BCUT2D eigenvalue weighted by atomic mass is 10.2. The van der Waals surface area contributed by atoms with Crippen LogP contribution in [-0.4, -0.2) is 9.97 Å². The summed E-state index contributed by atoms with van der Waals surface area (Å²) in [5.41, 5.74) is 0.827. The van der Waals surface area contributed by atoms with Gasteiger partial charge in [-0.15, -0.1) is 0 Å². The molecule has 2 rings (SSSR count). The minimum Gasteiger partial charge on any atom is -0.424 e. The summed E-state index contributed by atoms with van der Waals surface area (Å²) in [6.45, 7) is 1.83. The van der Waals surface area contributed by atoms with Gasteiger partial charge in [-0.2, -0.15) is 0 Å². The first-order valence-electron chi connectivity index (χ1n) is 4.57. The monoisotopic (exact) mass is 282 g/mol. The molecule has 0 amide bonds. The molecule has 5 heteroatoms. The molecule has 0 N–H and O–H groups in total. The lowest BCUT2D eigenvalue weighted by Gasteiger charge is -2.06. The van der Waals surface area contributed by atoms with Gasteiger partial charge in [0.05, 0.1) is 4.47 Å². The number of ether oxygens (including phenoxy) is 1. The van der Waals surface area contributed by atoms with Crippen LogP contribution in [0.3, 0.4) is 0 Å². The van der Waals surface area contributed by atoms with Crippen LogP contribution in [0.15, 0.2) is 35.1 Å². The standard InChI is InChI=1S/C11H8BrFN2O/c1-7-2-3-9(13)4-10(7)16-11-14-5-8(12)6-15-11/h2-6H,1H3. The third kappa shape index (κ3) is 2.55. The summed E-state index contributed by atoms with van der Waals surface area (Å²) in [5.74, 6) is 0.0695. The molecule has 0 spiro atoms. The Morgan fingerprint density at radius 3 is 2.62 bits per heavy atom. The summed E-state index contributed by atoms with van der Waals surface area (Å²) >= 11 is 3.22. The first-order valence-corrected chi connectivity index (χ1v) is 5.36. The fourth-order valence-corrected chi connectivity index (χ4v) is 1.34. The third-order valence-electron chi connectivity index (χ3n) is 1.95. The number of hydrogen-bond acceptors (Lipinski definition) is 3. The Labute approximate surface area is 100 Å². The van der Waals surface area contributed by atoms with Crippen molar-refractivity contribution >= 4 is 15.9 Å². The zero-order chi connectivity index (χ0) is 11.5. The Kier molecular flexibility index (Phi) is 3.14. The number of aryl methyl sites for hydroxylation is 1. The lowest BCUT2D eigenvalue weighted by molar-refractivity contribution is 0.434. The first kappa shape index (κ1) is 11.0. The molecular weight excluding hydrogens is 275 g/mol. The van der Waals surface area contributed by atoms with Gasteiger partial charge in [0.15, 0.2) is 0 Å². The average Bonchev–Trinajstić information content (AvgIpc) is 2.27. The van der Waals surface area contributed by atoms with E-state index in [-0.39, 0.29) is 11.8 Å². The average molecular weight is 283 g/mol. The van der Waals surface area contributed by atoms with Gasteiger partial charge in [-0.3, -0.25) is 0 Å². The van der Waals surface area contributed by atoms with Gasteiger partial charge in [0.1, 0.15) is 11.6 Å². The van der Waals surface area contributed by atoms with Crippen molar-refractivity contribution in [1.82, 2.24) is 9.97 Å². The van der Waals surface area contributed by atoms with Crippen molar-refractivity contribution in [3.05, 3.63) is 46.4 Å². The molecule has 0 bridgehead atoms. The molecule has 0 saturated carbocycles. The highest BCUT2D eigenvalue weighted by Gasteiger charge is 2.04. The van der Waals surface area contributed by atoms with Crippen molar-refractivity contribution in [3.8, 4) is 11.8 Å². The van der Waals surface area contributed by atoms with Crippen LogP contribution in [0.5, 0.6) is 11.8 Å². The number of aromatic nitrogens is 2. The molecule has 0 aliphatic rings. The van der Waals surface area contributed by atoms with Crippen LogP contribution < -0.4 is 4.74 Å². The van der Waals surface area contributed by atoms with Crippen molar-refractivity contribution in [2.24, 2.45) is 0 Å². The summed E-state index contributed by atoms with van der Waals surface area (Å²) in [5, 5.41) is 0. The Balaban J connectivity index is 2.26. The predicted octanol–water partition coefficient (Wildman–Crippen LogP) is 3.48. The molecule has 0 atom stereocenters. The normalized spacial score (nSPS) is 10.2. The summed E-state index contributed by atoms with van der Waals surface area (Å²) in [4.78, 5) is 7.88. The van der Waals surface area contributed by atoms with Crippen LogP contribution in [0.4, 0.5) is 4.39 Å². The number of hydrogen-bond donors (Lipinski definition) is 0. The molecule has 0 aliphatic heterocycles. The van der Waals surface area contributed by atoms with E-state index in [1.54, 1.807) is 18.5 Å². The van der Waals surface area contributed by atoms with Crippen LogP contribution in [0, 0.1) is 12.7 Å². The minimum absolute atomic E-state index is 0.192. The van der Waals surface area contributed by atoms with E-state index < -0.39 is 0 Å². The van der Waals surface area contributed by atoms with E-state index in [1.165, 1.54) is 12.1 Å². The van der Waals surface area contributed by atoms with Gasteiger partial charge < -0.3 is 4.74 Å². The fourth-order valence-electron chi connectivity index (χ4n) is 1.14. The van der Waals surface area contributed by atoms with Crippen molar-refractivity contribution in [2.75, 3.05) is 0 Å². The molecule has 0 aliphatic carbocycles. The molecule has 0 radical (unpaired) electrons. The maximum atomic E-state index is 13.0. The number of benzene rings is 1. The number of rotatable bonds is 2. The smallest absolute Gasteiger partial charge is 0.321 e. The van der Waals surface area contributed by atoms with Crippen LogP contribution in [0.1, 0.15) is 5.56 Å². The topological polar surface area (TPSA) is 35.0 Å². The van der Waals surface area contributed by atoms with Crippen molar-refractivity contribution in [2.45, 2.75) is 6.92 Å². The molecule has 3 nitrogen and oxygen atoms in total. The minimum atomic E-state index is -0.349. The number of nitrogens with zero attached hydrogens (tertiary/aromatic N) is 2. The van der Waals surface area contributed by atoms with E-state index in [0.717, 1.165) is 10.0 Å². The second-order valence-electron chi connectivity index (χ2n) is 3.20. The molecule has 16 heavy (non-hydrogen) atoms. The summed E-state index contributed by atoms with van der Waals surface area (Å²) in [6, 6.07) is 4.52. The Bertz CT molecular complexity index is 502. The quantitative estimate of drug-likeness (QED) is 0.846. The lowest BCUT2D eigenvalue weighted by Crippen LogP contribution is -1.93. The van der Waals surface area contributed by atoms with E-state index in [0.29, 0.717) is 5.75 Å². The van der Waals surface area contributed by atoms with Gasteiger partial charge in [-0.25, -0.2) is 14.4 Å². The summed E-state index contributed by atoms with van der Waals surface area (Å²) < 4.78 is 19.1. The van der Waals surface area contributed by atoms with Crippen molar-refractivity contribution in [3.63, 3.8) is 0 Å². The Morgan fingerprint density at radius 1 is 1.25 bits per heavy atom. The van der Waals surface area contributed by atoms with E-state index in [9.17, 15) is 4.39 Å². The zero-order valence-electron chi connectivity index (χ0n) is 8.45. The molecule has 1 aromatic heterocycles. The zero-order valence-corrected chi connectivity index (χ0v) is 10.0. The molecule has 0 unspecified atom stereocenters. The molecule has 1 aromatic carbocycles. The molecular formula is C11H8BrFN2O. The summed E-state index contributed by atoms with van der Waals surface area (Å²) in [6.07, 6.45) is 3.13. The Morgan fingerprint density at radius 2 is 1.94 bits per heavy atom. The molecule has 82 valence electrons. The maximum absolute atomic E-state index is 13.0. The maximum Gasteiger partial charge on any atom is 0.321 e. The summed E-state index contributed by atoms with van der Waals surface area (Å²) in [7, 11) is 0. The van der Waals surface area contributed by atoms with Crippen LogP contribution in [-0.2, 0) is 0 Å². The van der Waals surface area contributed by atoms with Gasteiger partial charge in [0.2, 0.25) is 0 Å². The van der Waals surface area contributed by atoms with Gasteiger partial charge in [0, 0.05) is 18.5 Å². The van der Waals surface area contributed by atoms with E-state index in [1.807, 2.05) is 6.92 Å². The van der Waals surface area contributed by atoms with Crippen LogP contribution in [0.2, 0.25) is 0 Å². The second-order valence-corrected chi connectivity index (χ2v) is 4.11. The SMILES string of the molecule is Cc1ccc(F)cc1Oc1ncc(Br)cn1. The van der Waals surface area contributed by atoms with Crippen molar-refractivity contribution in [1.29, 1.82) is 0 Å². The largest absolute Gasteiger partial charge is 0.424 e. The predicted molar refractivity (Wildman–Crippen MR) is 60.9 cm³/mol. The third-order valence-corrected chi connectivity index (χ3v) is 2.36. The molecule has 0 fully saturated rings. The van der Waals surface area contributed by atoms with E-state index in [4.69, 9.17) is 4.74 Å². The highest BCUT2D eigenvalue weighted by atomic mass is 79.9. The molecule has 0 saturated heterocycles. The second kappa shape index (κ2) is 4.57. The van der Waals surface area contributed by atoms with Gasteiger partial charge in [-0.05, 0) is 34.5 Å². The molecule has 1 heterocycles. The Hall–Kier alpha value is -1.49. The van der Waals surface area contributed by atoms with E-state index >= 15 is 0 Å². The highest BCUT2D eigenvalue weighted by molar-refractivity contribution is 9.10. The van der Waals surface area contributed by atoms with E-state index in [2.05, 4.69) is 25.9 Å². The van der Waals surface area contributed by atoms with Gasteiger partial charge in [-0.1, -0.05) is 6.07 Å². The molecule has 2 aromatic rings. The van der Waals surface area contributed by atoms with Crippen LogP contribution in [0.25, 0.3) is 0 Å². The first-order chi connectivity index (χ1) is 7.65.